The molecule has 2 rings (SSSR count). The minimum absolute atomic E-state index is 0.156. The van der Waals surface area contributed by atoms with E-state index in [4.69, 9.17) is 9.88 Å². The molecule has 5 nitrogen and oxygen atoms in total. The van der Waals surface area contributed by atoms with Crippen molar-refractivity contribution in [1.82, 2.24) is 4.90 Å². The Kier molecular flexibility index (Phi) is 3.78. The fourth-order valence-corrected chi connectivity index (χ4v) is 2.32. The van der Waals surface area contributed by atoms with E-state index in [9.17, 15) is 8.42 Å². The lowest BCUT2D eigenvalue weighted by atomic mass is 10.2. The first-order valence-corrected chi connectivity index (χ1v) is 7.02. The summed E-state index contributed by atoms with van der Waals surface area (Å²) in [6.45, 7) is 4.16. The molecule has 2 N–H and O–H groups in total. The number of benzene rings is 1. The van der Waals surface area contributed by atoms with Gasteiger partial charge in [-0.1, -0.05) is 12.1 Å². The van der Waals surface area contributed by atoms with Crippen LogP contribution in [0.5, 0.6) is 0 Å². The monoisotopic (exact) mass is 256 g/mol. The van der Waals surface area contributed by atoms with Gasteiger partial charge in [0, 0.05) is 19.6 Å². The Labute approximate surface area is 101 Å². The highest BCUT2D eigenvalue weighted by Gasteiger charge is 2.11. The van der Waals surface area contributed by atoms with E-state index >= 15 is 0 Å². The van der Waals surface area contributed by atoms with E-state index in [1.54, 1.807) is 24.3 Å². The molecule has 94 valence electrons. The number of ether oxygens (including phenoxy) is 1. The summed E-state index contributed by atoms with van der Waals surface area (Å²) >= 11 is 0. The fourth-order valence-electron chi connectivity index (χ4n) is 1.80. The van der Waals surface area contributed by atoms with Gasteiger partial charge in [0.25, 0.3) is 0 Å². The summed E-state index contributed by atoms with van der Waals surface area (Å²) in [4.78, 5) is 2.43. The Bertz CT molecular complexity index is 464. The van der Waals surface area contributed by atoms with Gasteiger partial charge in [-0.05, 0) is 17.7 Å². The minimum atomic E-state index is -3.59. The van der Waals surface area contributed by atoms with Crippen LogP contribution >= 0.6 is 0 Å². The maximum Gasteiger partial charge on any atom is 0.238 e. The van der Waals surface area contributed by atoms with Gasteiger partial charge in [0.2, 0.25) is 10.0 Å². The molecule has 1 heterocycles. The molecule has 0 bridgehead atoms. The molecule has 0 amide bonds. The maximum absolute atomic E-state index is 11.1. The Balaban J connectivity index is 2.03. The second kappa shape index (κ2) is 5.14. The van der Waals surface area contributed by atoms with Crippen LogP contribution in [0.3, 0.4) is 0 Å². The second-order valence-corrected chi connectivity index (χ2v) is 5.64. The van der Waals surface area contributed by atoms with Crippen LogP contribution in [0.15, 0.2) is 29.2 Å². The SMILES string of the molecule is NS(=O)(=O)c1ccc(CN2CCOCC2)cc1. The van der Waals surface area contributed by atoms with Crippen molar-refractivity contribution in [1.29, 1.82) is 0 Å². The van der Waals surface area contributed by atoms with Crippen molar-refractivity contribution < 1.29 is 13.2 Å². The lowest BCUT2D eigenvalue weighted by molar-refractivity contribution is 0.0342. The largest absolute Gasteiger partial charge is 0.379 e. The average Bonchev–Trinajstić information content (AvgIpc) is 2.30. The number of nitrogens with two attached hydrogens (primary N) is 1. The van der Waals surface area contributed by atoms with Crippen molar-refractivity contribution in [3.63, 3.8) is 0 Å². The lowest BCUT2D eigenvalue weighted by Gasteiger charge is -2.26. The lowest BCUT2D eigenvalue weighted by Crippen LogP contribution is -2.35. The first-order chi connectivity index (χ1) is 8.05. The Morgan fingerprint density at radius 2 is 1.76 bits per heavy atom. The van der Waals surface area contributed by atoms with Crippen molar-refractivity contribution in [2.45, 2.75) is 11.4 Å². The number of rotatable bonds is 3. The number of primary sulfonamides is 1. The van der Waals surface area contributed by atoms with Crippen LogP contribution in [-0.4, -0.2) is 39.6 Å². The fraction of sp³-hybridized carbons (Fsp3) is 0.455. The van der Waals surface area contributed by atoms with E-state index in [1.807, 2.05) is 0 Å². The van der Waals surface area contributed by atoms with Crippen LogP contribution in [0.1, 0.15) is 5.56 Å². The van der Waals surface area contributed by atoms with E-state index in [1.165, 1.54) is 0 Å². The van der Waals surface area contributed by atoms with Crippen LogP contribution in [0.2, 0.25) is 0 Å². The van der Waals surface area contributed by atoms with Crippen molar-refractivity contribution in [3.8, 4) is 0 Å². The molecule has 1 saturated heterocycles. The zero-order valence-electron chi connectivity index (χ0n) is 9.50. The third kappa shape index (κ3) is 3.50. The van der Waals surface area contributed by atoms with E-state index in [0.717, 1.165) is 38.4 Å². The van der Waals surface area contributed by atoms with Gasteiger partial charge in [-0.2, -0.15) is 0 Å². The van der Waals surface area contributed by atoms with Crippen LogP contribution in [-0.2, 0) is 21.3 Å². The standard InChI is InChI=1S/C11H16N2O3S/c12-17(14,15)11-3-1-10(2-4-11)9-13-5-7-16-8-6-13/h1-4H,5-9H2,(H2,12,14,15). The molecule has 0 aliphatic carbocycles. The zero-order valence-corrected chi connectivity index (χ0v) is 10.3. The quantitative estimate of drug-likeness (QED) is 0.836. The third-order valence-electron chi connectivity index (χ3n) is 2.76. The highest BCUT2D eigenvalue weighted by atomic mass is 32.2. The van der Waals surface area contributed by atoms with E-state index < -0.39 is 10.0 Å². The third-order valence-corrected chi connectivity index (χ3v) is 3.69. The topological polar surface area (TPSA) is 72.6 Å². The second-order valence-electron chi connectivity index (χ2n) is 4.08. The highest BCUT2D eigenvalue weighted by Crippen LogP contribution is 2.11. The molecule has 0 aromatic heterocycles. The molecule has 0 radical (unpaired) electrons. The molecule has 1 aliphatic rings. The predicted octanol–water partition coefficient (Wildman–Crippen LogP) is 0.166. The first kappa shape index (κ1) is 12.5. The molecule has 0 unspecified atom stereocenters. The predicted molar refractivity (Wildman–Crippen MR) is 63.9 cm³/mol. The zero-order chi connectivity index (χ0) is 12.3. The maximum atomic E-state index is 11.1. The van der Waals surface area contributed by atoms with Crippen molar-refractivity contribution in [2.24, 2.45) is 5.14 Å². The molecule has 1 aromatic rings. The molecule has 1 fully saturated rings. The molecule has 1 aromatic carbocycles. The average molecular weight is 256 g/mol. The molecule has 0 spiro atoms. The van der Waals surface area contributed by atoms with Gasteiger partial charge < -0.3 is 4.74 Å². The van der Waals surface area contributed by atoms with Gasteiger partial charge >= 0.3 is 0 Å². The van der Waals surface area contributed by atoms with Crippen LogP contribution < -0.4 is 5.14 Å². The van der Waals surface area contributed by atoms with Gasteiger partial charge in [-0.3, -0.25) is 4.90 Å². The number of sulfonamides is 1. The van der Waals surface area contributed by atoms with E-state index in [0.29, 0.717) is 0 Å². The van der Waals surface area contributed by atoms with Gasteiger partial charge in [0.1, 0.15) is 0 Å². The molecular formula is C11H16N2O3S. The van der Waals surface area contributed by atoms with Crippen molar-refractivity contribution in [2.75, 3.05) is 26.3 Å². The van der Waals surface area contributed by atoms with Gasteiger partial charge in [-0.25, -0.2) is 13.6 Å². The summed E-state index contributed by atoms with van der Waals surface area (Å²) in [6.07, 6.45) is 0. The summed E-state index contributed by atoms with van der Waals surface area (Å²) in [5.41, 5.74) is 1.08. The van der Waals surface area contributed by atoms with Crippen molar-refractivity contribution in [3.05, 3.63) is 29.8 Å². The number of morpholine rings is 1. The van der Waals surface area contributed by atoms with Crippen LogP contribution in [0, 0.1) is 0 Å². The van der Waals surface area contributed by atoms with E-state index in [-0.39, 0.29) is 4.90 Å². The van der Waals surface area contributed by atoms with Crippen molar-refractivity contribution >= 4 is 10.0 Å². The summed E-state index contributed by atoms with van der Waals surface area (Å²) in [7, 11) is -3.59. The Morgan fingerprint density at radius 1 is 1.18 bits per heavy atom. The summed E-state index contributed by atoms with van der Waals surface area (Å²) in [5, 5.41) is 5.04. The summed E-state index contributed by atoms with van der Waals surface area (Å²) in [5.74, 6) is 0. The van der Waals surface area contributed by atoms with Gasteiger partial charge in [0.15, 0.2) is 0 Å². The first-order valence-electron chi connectivity index (χ1n) is 5.47. The molecule has 0 saturated carbocycles. The molecular weight excluding hydrogens is 240 g/mol. The van der Waals surface area contributed by atoms with Crippen LogP contribution in [0.25, 0.3) is 0 Å². The molecule has 0 atom stereocenters. The summed E-state index contributed by atoms with van der Waals surface area (Å²) in [6, 6.07) is 6.70. The van der Waals surface area contributed by atoms with Gasteiger partial charge in [0.05, 0.1) is 18.1 Å². The Hall–Kier alpha value is -0.950. The normalized spacial score (nSPS) is 18.2. The van der Waals surface area contributed by atoms with Crippen LogP contribution in [0.4, 0.5) is 0 Å². The smallest absolute Gasteiger partial charge is 0.238 e. The molecule has 6 heteroatoms. The molecule has 17 heavy (non-hydrogen) atoms. The number of nitrogens with zero attached hydrogens (tertiary/aromatic N) is 1. The molecule has 1 aliphatic heterocycles. The number of hydrogen-bond acceptors (Lipinski definition) is 4. The highest BCUT2D eigenvalue weighted by molar-refractivity contribution is 7.89. The Morgan fingerprint density at radius 3 is 2.29 bits per heavy atom. The summed E-state index contributed by atoms with van der Waals surface area (Å²) < 4.78 is 27.4. The number of hydrogen-bond donors (Lipinski definition) is 1. The minimum Gasteiger partial charge on any atom is -0.379 e. The van der Waals surface area contributed by atoms with E-state index in [2.05, 4.69) is 4.90 Å². The van der Waals surface area contributed by atoms with Gasteiger partial charge in [-0.15, -0.1) is 0 Å².